The van der Waals surface area contributed by atoms with Crippen molar-refractivity contribution in [2.45, 2.75) is 19.5 Å². The molecule has 1 amide bonds. The van der Waals surface area contributed by atoms with E-state index in [1.807, 2.05) is 6.92 Å². The Balaban J connectivity index is 1.84. The maximum Gasteiger partial charge on any atom is 0.296 e. The van der Waals surface area contributed by atoms with Gasteiger partial charge in [0, 0.05) is 5.56 Å². The van der Waals surface area contributed by atoms with Crippen LogP contribution in [0.4, 0.5) is 0 Å². The van der Waals surface area contributed by atoms with E-state index in [1.54, 1.807) is 54.6 Å². The van der Waals surface area contributed by atoms with E-state index >= 15 is 0 Å². The Morgan fingerprint density at radius 1 is 1.03 bits per heavy atom. The van der Waals surface area contributed by atoms with Gasteiger partial charge in [0.25, 0.3) is 11.7 Å². The molecule has 0 bridgehead atoms. The zero-order valence-electron chi connectivity index (χ0n) is 19.1. The zero-order valence-corrected chi connectivity index (χ0v) is 19.1. The van der Waals surface area contributed by atoms with Crippen LogP contribution in [0.3, 0.4) is 0 Å². The maximum atomic E-state index is 13.2. The zero-order chi connectivity index (χ0) is 24.2. The number of carbonyl (C=O) groups excluding carboxylic acids is 2. The Kier molecular flexibility index (Phi) is 6.58. The molecule has 1 atom stereocenters. The number of likely N-dealkylation sites (tertiary alicyclic amines) is 1. The molecular weight excluding hydrogens is 438 g/mol. The van der Waals surface area contributed by atoms with Gasteiger partial charge in [-0.3, -0.25) is 9.59 Å². The fourth-order valence-electron chi connectivity index (χ4n) is 4.01. The lowest BCUT2D eigenvalue weighted by molar-refractivity contribution is -0.140. The molecule has 3 aromatic rings. The summed E-state index contributed by atoms with van der Waals surface area (Å²) in [5.74, 6) is 0.225. The lowest BCUT2D eigenvalue weighted by Gasteiger charge is -2.24. The van der Waals surface area contributed by atoms with Crippen LogP contribution in [-0.2, 0) is 16.1 Å². The summed E-state index contributed by atoms with van der Waals surface area (Å²) in [6, 6.07) is 14.5. The van der Waals surface area contributed by atoms with Crippen LogP contribution >= 0.6 is 0 Å². The maximum absolute atomic E-state index is 13.2. The third kappa shape index (κ3) is 4.22. The van der Waals surface area contributed by atoms with Gasteiger partial charge in [0.1, 0.15) is 17.3 Å². The quantitative estimate of drug-likeness (QED) is 0.302. The number of benzene rings is 2. The van der Waals surface area contributed by atoms with Crippen molar-refractivity contribution in [3.8, 4) is 17.2 Å². The highest BCUT2D eigenvalue weighted by Crippen LogP contribution is 2.41. The molecule has 2 heterocycles. The van der Waals surface area contributed by atoms with Gasteiger partial charge in [0.15, 0.2) is 11.5 Å². The fraction of sp³-hybridized carbons (Fsp3) is 0.231. The number of hydrogen-bond acceptors (Lipinski definition) is 7. The highest BCUT2D eigenvalue weighted by atomic mass is 16.5. The van der Waals surface area contributed by atoms with Crippen LogP contribution in [0.2, 0.25) is 0 Å². The van der Waals surface area contributed by atoms with Crippen molar-refractivity contribution in [2.75, 3.05) is 20.8 Å². The molecule has 1 N–H and O–H groups in total. The van der Waals surface area contributed by atoms with Gasteiger partial charge in [-0.2, -0.15) is 0 Å². The van der Waals surface area contributed by atoms with Crippen LogP contribution < -0.4 is 14.2 Å². The topological polar surface area (TPSA) is 98.4 Å². The Bertz CT molecular complexity index is 1210. The lowest BCUT2D eigenvalue weighted by Crippen LogP contribution is -2.29. The average Bonchev–Trinajstić information content (AvgIpc) is 3.46. The number of hydrogen-bond donors (Lipinski definition) is 1. The third-order valence-corrected chi connectivity index (χ3v) is 5.61. The number of ether oxygens (including phenoxy) is 3. The van der Waals surface area contributed by atoms with Crippen LogP contribution in [0, 0.1) is 0 Å². The van der Waals surface area contributed by atoms with E-state index < -0.39 is 17.7 Å². The standard InChI is InChI=1S/C26H25NO7/c1-4-33-18-10-7-16(8-11-18)23-22(24(28)17-9-12-20(31-2)21(14-17)32-3)25(29)26(30)27(23)15-19-6-5-13-34-19/h5-14,23,28H,4,15H2,1-3H3/b24-22+. The molecule has 0 spiro atoms. The minimum absolute atomic E-state index is 0.0204. The van der Waals surface area contributed by atoms with Crippen molar-refractivity contribution in [3.63, 3.8) is 0 Å². The summed E-state index contributed by atoms with van der Waals surface area (Å²) in [5, 5.41) is 11.2. The molecule has 1 aromatic heterocycles. The summed E-state index contributed by atoms with van der Waals surface area (Å²) in [5.41, 5.74) is 0.953. The number of Topliss-reactive ketones (excluding diaryl/α,β-unsaturated/α-hetero) is 1. The Morgan fingerprint density at radius 3 is 2.38 bits per heavy atom. The van der Waals surface area contributed by atoms with Crippen LogP contribution in [0.15, 0.2) is 70.9 Å². The van der Waals surface area contributed by atoms with Crippen LogP contribution in [0.25, 0.3) is 5.76 Å². The molecule has 0 aliphatic carbocycles. The first-order valence-electron chi connectivity index (χ1n) is 10.7. The first kappa shape index (κ1) is 23.0. The molecule has 2 aromatic carbocycles. The second-order valence-electron chi connectivity index (χ2n) is 7.58. The number of amides is 1. The molecule has 1 aliphatic heterocycles. The van der Waals surface area contributed by atoms with Gasteiger partial charge in [0.05, 0.1) is 45.2 Å². The van der Waals surface area contributed by atoms with E-state index in [9.17, 15) is 14.7 Å². The Morgan fingerprint density at radius 2 is 1.76 bits per heavy atom. The fourth-order valence-corrected chi connectivity index (χ4v) is 4.01. The van der Waals surface area contributed by atoms with Crippen LogP contribution in [0.5, 0.6) is 17.2 Å². The first-order chi connectivity index (χ1) is 16.5. The highest BCUT2D eigenvalue weighted by Gasteiger charge is 2.46. The van der Waals surface area contributed by atoms with Crippen molar-refractivity contribution in [1.29, 1.82) is 0 Å². The minimum Gasteiger partial charge on any atom is -0.507 e. The molecule has 1 aliphatic rings. The van der Waals surface area contributed by atoms with E-state index in [4.69, 9.17) is 18.6 Å². The highest BCUT2D eigenvalue weighted by molar-refractivity contribution is 6.46. The second kappa shape index (κ2) is 9.74. The number of aliphatic hydroxyl groups excluding tert-OH is 1. The molecule has 34 heavy (non-hydrogen) atoms. The molecule has 1 saturated heterocycles. The van der Waals surface area contributed by atoms with E-state index in [2.05, 4.69) is 0 Å². The number of carbonyl (C=O) groups is 2. The van der Waals surface area contributed by atoms with Crippen molar-refractivity contribution in [2.24, 2.45) is 0 Å². The molecule has 8 heteroatoms. The van der Waals surface area contributed by atoms with Gasteiger partial charge >= 0.3 is 0 Å². The van der Waals surface area contributed by atoms with E-state index in [0.29, 0.717) is 40.7 Å². The largest absolute Gasteiger partial charge is 0.507 e. The molecule has 1 fully saturated rings. The normalized spacial score (nSPS) is 17.1. The van der Waals surface area contributed by atoms with E-state index in [-0.39, 0.29) is 17.9 Å². The van der Waals surface area contributed by atoms with Crippen molar-refractivity contribution < 1.29 is 33.3 Å². The van der Waals surface area contributed by atoms with Crippen molar-refractivity contribution in [3.05, 3.63) is 83.3 Å². The van der Waals surface area contributed by atoms with Crippen molar-refractivity contribution in [1.82, 2.24) is 4.90 Å². The number of ketones is 1. The average molecular weight is 463 g/mol. The molecular formula is C26H25NO7. The third-order valence-electron chi connectivity index (χ3n) is 5.61. The Labute approximate surface area is 197 Å². The predicted molar refractivity (Wildman–Crippen MR) is 124 cm³/mol. The van der Waals surface area contributed by atoms with Gasteiger partial charge in [-0.1, -0.05) is 12.1 Å². The molecule has 0 radical (unpaired) electrons. The monoisotopic (exact) mass is 463 g/mol. The summed E-state index contributed by atoms with van der Waals surface area (Å²) in [6.45, 7) is 2.46. The van der Waals surface area contributed by atoms with Gasteiger partial charge < -0.3 is 28.6 Å². The van der Waals surface area contributed by atoms with Gasteiger partial charge in [-0.05, 0) is 55.0 Å². The number of furan rings is 1. The van der Waals surface area contributed by atoms with Crippen LogP contribution in [0.1, 0.15) is 29.9 Å². The first-order valence-corrected chi connectivity index (χ1v) is 10.7. The lowest BCUT2D eigenvalue weighted by atomic mass is 9.95. The molecule has 0 saturated carbocycles. The second-order valence-corrected chi connectivity index (χ2v) is 7.58. The molecule has 8 nitrogen and oxygen atoms in total. The summed E-state index contributed by atoms with van der Waals surface area (Å²) >= 11 is 0. The van der Waals surface area contributed by atoms with Gasteiger partial charge in [-0.25, -0.2) is 0 Å². The number of rotatable bonds is 8. The van der Waals surface area contributed by atoms with Gasteiger partial charge in [-0.15, -0.1) is 0 Å². The molecule has 4 rings (SSSR count). The van der Waals surface area contributed by atoms with E-state index in [1.165, 1.54) is 25.4 Å². The van der Waals surface area contributed by atoms with Gasteiger partial charge in [0.2, 0.25) is 0 Å². The Hall–Kier alpha value is -4.20. The number of nitrogens with zero attached hydrogens (tertiary/aromatic N) is 1. The molecule has 176 valence electrons. The molecule has 1 unspecified atom stereocenters. The summed E-state index contributed by atoms with van der Waals surface area (Å²) in [7, 11) is 2.98. The SMILES string of the molecule is CCOc1ccc(C2/C(=C(\O)c3ccc(OC)c(OC)c3)C(=O)C(=O)N2Cc2ccco2)cc1. The van der Waals surface area contributed by atoms with E-state index in [0.717, 1.165) is 0 Å². The summed E-state index contributed by atoms with van der Waals surface area (Å²) in [6.07, 6.45) is 1.50. The number of methoxy groups -OCH3 is 2. The number of aliphatic hydroxyl groups is 1. The van der Waals surface area contributed by atoms with Crippen molar-refractivity contribution >= 4 is 17.4 Å². The predicted octanol–water partition coefficient (Wildman–Crippen LogP) is 4.32. The smallest absolute Gasteiger partial charge is 0.296 e. The summed E-state index contributed by atoms with van der Waals surface area (Å²) < 4.78 is 21.5. The van der Waals surface area contributed by atoms with Crippen LogP contribution in [-0.4, -0.2) is 42.5 Å². The minimum atomic E-state index is -0.825. The summed E-state index contributed by atoms with van der Waals surface area (Å²) in [4.78, 5) is 27.6.